The summed E-state index contributed by atoms with van der Waals surface area (Å²) in [5.41, 5.74) is 1.09. The van der Waals surface area contributed by atoms with Crippen molar-refractivity contribution in [2.45, 2.75) is 6.92 Å². The van der Waals surface area contributed by atoms with Crippen molar-refractivity contribution in [1.82, 2.24) is 0 Å². The summed E-state index contributed by atoms with van der Waals surface area (Å²) in [6.45, 7) is 1.95. The van der Waals surface area contributed by atoms with Gasteiger partial charge in [-0.1, -0.05) is 30.4 Å². The highest BCUT2D eigenvalue weighted by Gasteiger charge is 2.07. The highest BCUT2D eigenvalue weighted by Crippen LogP contribution is 2.16. The van der Waals surface area contributed by atoms with Crippen LogP contribution in [0.5, 0.6) is 0 Å². The van der Waals surface area contributed by atoms with Crippen LogP contribution in [0.2, 0.25) is 0 Å². The Morgan fingerprint density at radius 3 is 2.90 bits per heavy atom. The van der Waals surface area contributed by atoms with Crippen LogP contribution in [0.1, 0.15) is 6.92 Å². The van der Waals surface area contributed by atoms with E-state index in [1.807, 2.05) is 37.3 Å². The fourth-order valence-electron chi connectivity index (χ4n) is 0.950. The fraction of sp³-hybridized carbons (Fsp3) is 0.222. The molecule has 0 aromatic carbocycles. The van der Waals surface area contributed by atoms with Crippen LogP contribution in [-0.2, 0) is 0 Å². The molecule has 0 heterocycles. The predicted octanol–water partition coefficient (Wildman–Crippen LogP) is 2.20. The van der Waals surface area contributed by atoms with Gasteiger partial charge in [0.15, 0.2) is 0 Å². The third kappa shape index (κ3) is 1.16. The van der Waals surface area contributed by atoms with Crippen molar-refractivity contribution in [3.63, 3.8) is 0 Å². The standard InChI is InChI=1S/C9H9N/c1-2-8-5-3-4-6-9(8)7-10/h2-6,9H,1H3. The lowest BCUT2D eigenvalue weighted by Gasteiger charge is -2.06. The minimum absolute atomic E-state index is 0.0324. The number of hydrogen-bond acceptors (Lipinski definition) is 1. The summed E-state index contributed by atoms with van der Waals surface area (Å²) in [4.78, 5) is 0. The van der Waals surface area contributed by atoms with Gasteiger partial charge in [0.2, 0.25) is 0 Å². The van der Waals surface area contributed by atoms with Crippen LogP contribution in [0.3, 0.4) is 0 Å². The lowest BCUT2D eigenvalue weighted by molar-refractivity contribution is 1.00. The zero-order valence-electron chi connectivity index (χ0n) is 5.91. The van der Waals surface area contributed by atoms with Gasteiger partial charge in [0.05, 0.1) is 12.0 Å². The summed E-state index contributed by atoms with van der Waals surface area (Å²) in [5.74, 6) is -0.0324. The minimum Gasteiger partial charge on any atom is -0.197 e. The normalized spacial score (nSPS) is 26.8. The van der Waals surface area contributed by atoms with E-state index in [1.165, 1.54) is 0 Å². The number of rotatable bonds is 0. The van der Waals surface area contributed by atoms with E-state index in [-0.39, 0.29) is 5.92 Å². The second-order valence-electron chi connectivity index (χ2n) is 2.14. The average Bonchev–Trinajstić information content (AvgIpc) is 2.04. The number of hydrogen-bond donors (Lipinski definition) is 0. The highest BCUT2D eigenvalue weighted by atomic mass is 14.3. The summed E-state index contributed by atoms with van der Waals surface area (Å²) in [7, 11) is 0. The quantitative estimate of drug-likeness (QED) is 0.494. The summed E-state index contributed by atoms with van der Waals surface area (Å²) in [6, 6.07) is 2.20. The SMILES string of the molecule is CC=C1C=CC=CC1C#N. The molecule has 0 fully saturated rings. The van der Waals surface area contributed by atoms with Crippen LogP contribution in [0.4, 0.5) is 0 Å². The molecule has 0 saturated carbocycles. The third-order valence-electron chi connectivity index (χ3n) is 1.53. The average molecular weight is 131 g/mol. The van der Waals surface area contributed by atoms with E-state index in [0.29, 0.717) is 0 Å². The van der Waals surface area contributed by atoms with Crippen LogP contribution in [-0.4, -0.2) is 0 Å². The molecule has 0 aromatic heterocycles. The minimum atomic E-state index is -0.0324. The Morgan fingerprint density at radius 2 is 2.40 bits per heavy atom. The molecule has 1 unspecified atom stereocenters. The van der Waals surface area contributed by atoms with E-state index < -0.39 is 0 Å². The first kappa shape index (κ1) is 6.82. The van der Waals surface area contributed by atoms with Crippen LogP contribution in [0, 0.1) is 17.2 Å². The molecule has 1 nitrogen and oxygen atoms in total. The van der Waals surface area contributed by atoms with Gasteiger partial charge in [-0.15, -0.1) is 0 Å². The second-order valence-corrected chi connectivity index (χ2v) is 2.14. The first-order valence-electron chi connectivity index (χ1n) is 3.29. The Balaban J connectivity index is 2.87. The van der Waals surface area contributed by atoms with Crippen molar-refractivity contribution in [2.24, 2.45) is 5.92 Å². The van der Waals surface area contributed by atoms with E-state index >= 15 is 0 Å². The number of nitriles is 1. The molecule has 1 aliphatic carbocycles. The Kier molecular flexibility index (Phi) is 2.07. The maximum absolute atomic E-state index is 8.62. The molecule has 1 heteroatoms. The van der Waals surface area contributed by atoms with Gasteiger partial charge in [-0.05, 0) is 12.5 Å². The van der Waals surface area contributed by atoms with Crippen molar-refractivity contribution in [2.75, 3.05) is 0 Å². The third-order valence-corrected chi connectivity index (χ3v) is 1.53. The topological polar surface area (TPSA) is 23.8 Å². The van der Waals surface area contributed by atoms with Gasteiger partial charge in [-0.25, -0.2) is 0 Å². The lowest BCUT2D eigenvalue weighted by atomic mass is 9.96. The number of nitrogens with zero attached hydrogens (tertiary/aromatic N) is 1. The van der Waals surface area contributed by atoms with E-state index in [1.54, 1.807) is 0 Å². The Hall–Kier alpha value is -1.29. The maximum Gasteiger partial charge on any atom is 0.0893 e. The van der Waals surface area contributed by atoms with E-state index in [4.69, 9.17) is 5.26 Å². The predicted molar refractivity (Wildman–Crippen MR) is 41.1 cm³/mol. The van der Waals surface area contributed by atoms with Crippen LogP contribution in [0.25, 0.3) is 0 Å². The van der Waals surface area contributed by atoms with Crippen molar-refractivity contribution >= 4 is 0 Å². The van der Waals surface area contributed by atoms with Gasteiger partial charge in [0, 0.05) is 0 Å². The molecule has 0 radical (unpaired) electrons. The number of allylic oxidation sites excluding steroid dienone is 6. The second kappa shape index (κ2) is 3.03. The molecule has 1 aliphatic rings. The highest BCUT2D eigenvalue weighted by molar-refractivity contribution is 5.36. The molecule has 50 valence electrons. The molecule has 10 heavy (non-hydrogen) atoms. The van der Waals surface area contributed by atoms with Crippen molar-refractivity contribution < 1.29 is 0 Å². The molecule has 0 aliphatic heterocycles. The van der Waals surface area contributed by atoms with Crippen LogP contribution < -0.4 is 0 Å². The molecule has 0 spiro atoms. The molecule has 0 bridgehead atoms. The molecule has 0 aromatic rings. The monoisotopic (exact) mass is 131 g/mol. The molecule has 1 rings (SSSR count). The van der Waals surface area contributed by atoms with Gasteiger partial charge >= 0.3 is 0 Å². The molecule has 0 N–H and O–H groups in total. The van der Waals surface area contributed by atoms with Gasteiger partial charge in [0.25, 0.3) is 0 Å². The van der Waals surface area contributed by atoms with Crippen molar-refractivity contribution in [1.29, 1.82) is 5.26 Å². The van der Waals surface area contributed by atoms with E-state index in [2.05, 4.69) is 6.07 Å². The van der Waals surface area contributed by atoms with Gasteiger partial charge in [-0.2, -0.15) is 5.26 Å². The van der Waals surface area contributed by atoms with Crippen LogP contribution >= 0.6 is 0 Å². The molecular weight excluding hydrogens is 122 g/mol. The summed E-state index contributed by atoms with van der Waals surface area (Å²) in [6.07, 6.45) is 9.68. The molecule has 0 saturated heterocycles. The van der Waals surface area contributed by atoms with Crippen LogP contribution in [0.15, 0.2) is 36.0 Å². The zero-order chi connectivity index (χ0) is 7.40. The van der Waals surface area contributed by atoms with Gasteiger partial charge in [0.1, 0.15) is 0 Å². The zero-order valence-corrected chi connectivity index (χ0v) is 5.91. The summed E-state index contributed by atoms with van der Waals surface area (Å²) >= 11 is 0. The summed E-state index contributed by atoms with van der Waals surface area (Å²) < 4.78 is 0. The Bertz CT molecular complexity index is 238. The van der Waals surface area contributed by atoms with Crippen molar-refractivity contribution in [3.05, 3.63) is 36.0 Å². The molecular formula is C9H9N. The Labute approximate surface area is 61.0 Å². The molecule has 0 amide bonds. The first-order valence-corrected chi connectivity index (χ1v) is 3.29. The van der Waals surface area contributed by atoms with E-state index in [0.717, 1.165) is 5.57 Å². The van der Waals surface area contributed by atoms with E-state index in [9.17, 15) is 0 Å². The smallest absolute Gasteiger partial charge is 0.0893 e. The Morgan fingerprint density at radius 1 is 1.60 bits per heavy atom. The lowest BCUT2D eigenvalue weighted by Crippen LogP contribution is -1.97. The largest absolute Gasteiger partial charge is 0.197 e. The maximum atomic E-state index is 8.62. The fourth-order valence-corrected chi connectivity index (χ4v) is 0.950. The molecule has 1 atom stereocenters. The van der Waals surface area contributed by atoms with Gasteiger partial charge < -0.3 is 0 Å². The van der Waals surface area contributed by atoms with Gasteiger partial charge in [-0.3, -0.25) is 0 Å². The first-order chi connectivity index (χ1) is 4.88. The van der Waals surface area contributed by atoms with Crippen molar-refractivity contribution in [3.8, 4) is 6.07 Å². The summed E-state index contributed by atoms with van der Waals surface area (Å²) in [5, 5.41) is 8.62.